The Labute approximate surface area is 180 Å². The molecule has 0 unspecified atom stereocenters. The van der Waals surface area contributed by atoms with Gasteiger partial charge in [0.05, 0.1) is 5.56 Å². The lowest BCUT2D eigenvalue weighted by atomic mass is 9.96. The van der Waals surface area contributed by atoms with Crippen molar-refractivity contribution in [3.05, 3.63) is 83.9 Å². The number of pyridine rings is 2. The first-order valence-electron chi connectivity index (χ1n) is 10.5. The molecule has 154 valence electrons. The summed E-state index contributed by atoms with van der Waals surface area (Å²) in [7, 11) is 2.03. The van der Waals surface area contributed by atoms with E-state index in [0.29, 0.717) is 5.71 Å². The van der Waals surface area contributed by atoms with E-state index in [-0.39, 0.29) is 11.7 Å². The molecule has 3 aromatic heterocycles. The van der Waals surface area contributed by atoms with E-state index in [4.69, 9.17) is 4.42 Å². The number of aromatic nitrogens is 2. The summed E-state index contributed by atoms with van der Waals surface area (Å²) in [6, 6.07) is 17.7. The zero-order chi connectivity index (χ0) is 21.7. The monoisotopic (exact) mass is 411 g/mol. The Hall–Kier alpha value is -3.53. The predicted octanol–water partition coefficient (Wildman–Crippen LogP) is 6.71. The van der Waals surface area contributed by atoms with Crippen LogP contribution in [0.4, 0.5) is 4.39 Å². The fraction of sp³-hybridized carbons (Fsp3) is 0.185. The third-order valence-electron chi connectivity index (χ3n) is 5.97. The number of hydrogen-bond donors (Lipinski definition) is 0. The molecular weight excluding hydrogens is 387 g/mol. The summed E-state index contributed by atoms with van der Waals surface area (Å²) in [6.45, 7) is 6.12. The first-order chi connectivity index (χ1) is 14.9. The average Bonchev–Trinajstić information content (AvgIpc) is 3.13. The summed E-state index contributed by atoms with van der Waals surface area (Å²) in [5.41, 5.74) is 7.54. The van der Waals surface area contributed by atoms with Crippen molar-refractivity contribution in [3.63, 3.8) is 0 Å². The summed E-state index contributed by atoms with van der Waals surface area (Å²) < 4.78 is 22.4. The lowest BCUT2D eigenvalue weighted by molar-refractivity contribution is -0.659. The number of benzene rings is 2. The molecule has 0 spiro atoms. The van der Waals surface area contributed by atoms with Crippen LogP contribution in [0, 0.1) is 12.7 Å². The highest BCUT2D eigenvalue weighted by atomic mass is 19.1. The van der Waals surface area contributed by atoms with Crippen molar-refractivity contribution < 1.29 is 13.4 Å². The molecule has 0 aliphatic carbocycles. The summed E-state index contributed by atoms with van der Waals surface area (Å²) in [5, 5.41) is 2.08. The molecule has 5 aromatic rings. The van der Waals surface area contributed by atoms with Gasteiger partial charge in [-0.05, 0) is 59.9 Å². The van der Waals surface area contributed by atoms with Crippen LogP contribution in [0.2, 0.25) is 0 Å². The molecule has 0 aliphatic rings. The topological polar surface area (TPSA) is 29.9 Å². The Bertz CT molecular complexity index is 1450. The van der Waals surface area contributed by atoms with Gasteiger partial charge >= 0.3 is 0 Å². The van der Waals surface area contributed by atoms with Crippen molar-refractivity contribution in [2.45, 2.75) is 26.7 Å². The number of nitrogens with zero attached hydrogens (tertiary/aromatic N) is 2. The van der Waals surface area contributed by atoms with E-state index in [9.17, 15) is 4.39 Å². The fourth-order valence-corrected chi connectivity index (χ4v) is 4.30. The molecule has 0 N–H and O–H groups in total. The molecule has 3 nitrogen and oxygen atoms in total. The molecule has 0 radical (unpaired) electrons. The van der Waals surface area contributed by atoms with Gasteiger partial charge in [-0.2, -0.15) is 0 Å². The maximum absolute atomic E-state index is 14.2. The number of halogens is 1. The van der Waals surface area contributed by atoms with Crippen LogP contribution in [0.3, 0.4) is 0 Å². The third kappa shape index (κ3) is 3.19. The minimum atomic E-state index is -0.152. The van der Waals surface area contributed by atoms with Crippen molar-refractivity contribution in [3.8, 4) is 22.4 Å². The molecule has 0 saturated carbocycles. The molecule has 4 heteroatoms. The van der Waals surface area contributed by atoms with Gasteiger partial charge in [0.1, 0.15) is 12.9 Å². The molecule has 3 heterocycles. The van der Waals surface area contributed by atoms with E-state index >= 15 is 0 Å². The van der Waals surface area contributed by atoms with Crippen LogP contribution in [0.25, 0.3) is 44.5 Å². The number of fused-ring (bicyclic) bond motifs is 3. The molecule has 0 amide bonds. The third-order valence-corrected chi connectivity index (χ3v) is 5.97. The van der Waals surface area contributed by atoms with Gasteiger partial charge in [-0.3, -0.25) is 0 Å². The van der Waals surface area contributed by atoms with Crippen molar-refractivity contribution >= 4 is 22.1 Å². The molecule has 31 heavy (non-hydrogen) atoms. The highest BCUT2D eigenvalue weighted by Gasteiger charge is 2.21. The molecule has 0 bridgehead atoms. The lowest BCUT2D eigenvalue weighted by Crippen LogP contribution is -2.31. The summed E-state index contributed by atoms with van der Waals surface area (Å²) in [4.78, 5) is 4.38. The summed E-state index contributed by atoms with van der Waals surface area (Å²) in [6.07, 6.45) is 3.84. The largest absolute Gasteiger partial charge is 0.437 e. The molecule has 0 atom stereocenters. The zero-order valence-electron chi connectivity index (χ0n) is 18.1. The van der Waals surface area contributed by atoms with Gasteiger partial charge in [0.2, 0.25) is 11.4 Å². The average molecular weight is 412 g/mol. The standard InChI is InChI=1S/C27H24FN2O/c1-16(2)22-14-18(8-11-23(22)28)19-9-12-24(30(4)15-19)25-17(3)7-10-20-21-6-5-13-29-27(21)31-26(20)25/h5-16H,1-4H3/q+1. The molecule has 0 fully saturated rings. The van der Waals surface area contributed by atoms with E-state index < -0.39 is 0 Å². The highest BCUT2D eigenvalue weighted by Crippen LogP contribution is 2.36. The van der Waals surface area contributed by atoms with Crippen molar-refractivity contribution in [1.29, 1.82) is 0 Å². The van der Waals surface area contributed by atoms with Crippen molar-refractivity contribution in [2.75, 3.05) is 0 Å². The van der Waals surface area contributed by atoms with E-state index in [1.54, 1.807) is 12.3 Å². The highest BCUT2D eigenvalue weighted by molar-refractivity contribution is 6.08. The van der Waals surface area contributed by atoms with Gasteiger partial charge in [-0.15, -0.1) is 0 Å². The second-order valence-corrected chi connectivity index (χ2v) is 8.40. The molecule has 0 saturated heterocycles. The summed E-state index contributed by atoms with van der Waals surface area (Å²) >= 11 is 0. The SMILES string of the molecule is Cc1ccc2c(oc3ncccc32)c1-c1ccc(-c2ccc(F)c(C(C)C)c2)c[n+]1C. The van der Waals surface area contributed by atoms with Crippen LogP contribution in [-0.2, 0) is 7.05 Å². The minimum absolute atomic E-state index is 0.134. The maximum Gasteiger partial charge on any atom is 0.227 e. The zero-order valence-corrected chi connectivity index (χ0v) is 18.1. The number of aryl methyl sites for hydroxylation is 2. The van der Waals surface area contributed by atoms with Crippen LogP contribution in [0.5, 0.6) is 0 Å². The van der Waals surface area contributed by atoms with Crippen LogP contribution in [0.1, 0.15) is 30.9 Å². The Morgan fingerprint density at radius 3 is 2.55 bits per heavy atom. The second-order valence-electron chi connectivity index (χ2n) is 8.40. The predicted molar refractivity (Wildman–Crippen MR) is 122 cm³/mol. The molecule has 2 aromatic carbocycles. The Morgan fingerprint density at radius 2 is 1.77 bits per heavy atom. The number of hydrogen-bond acceptors (Lipinski definition) is 2. The van der Waals surface area contributed by atoms with Gasteiger partial charge in [0.25, 0.3) is 0 Å². The number of rotatable bonds is 3. The van der Waals surface area contributed by atoms with E-state index in [1.807, 2.05) is 45.2 Å². The second kappa shape index (κ2) is 7.31. The first kappa shape index (κ1) is 19.4. The summed E-state index contributed by atoms with van der Waals surface area (Å²) in [5.74, 6) is -0.0181. The number of furan rings is 1. The van der Waals surface area contributed by atoms with Crippen LogP contribution >= 0.6 is 0 Å². The van der Waals surface area contributed by atoms with E-state index in [0.717, 1.165) is 49.9 Å². The van der Waals surface area contributed by atoms with Crippen molar-refractivity contribution in [1.82, 2.24) is 4.98 Å². The van der Waals surface area contributed by atoms with Crippen LogP contribution in [0.15, 0.2) is 71.4 Å². The lowest BCUT2D eigenvalue weighted by Gasteiger charge is -2.10. The van der Waals surface area contributed by atoms with Gasteiger partial charge in [0, 0.05) is 28.6 Å². The maximum atomic E-state index is 14.2. The Morgan fingerprint density at radius 1 is 0.968 bits per heavy atom. The Balaban J connectivity index is 1.67. The smallest absolute Gasteiger partial charge is 0.227 e. The van der Waals surface area contributed by atoms with E-state index in [2.05, 4.69) is 46.9 Å². The normalized spacial score (nSPS) is 11.7. The molecule has 5 rings (SSSR count). The van der Waals surface area contributed by atoms with Gasteiger partial charge in [-0.25, -0.2) is 13.9 Å². The first-order valence-corrected chi connectivity index (χ1v) is 10.5. The minimum Gasteiger partial charge on any atom is -0.437 e. The van der Waals surface area contributed by atoms with E-state index in [1.165, 1.54) is 0 Å². The molecular formula is C27H24FN2O+. The van der Waals surface area contributed by atoms with Gasteiger partial charge in [0.15, 0.2) is 11.8 Å². The quantitative estimate of drug-likeness (QED) is 0.309. The van der Waals surface area contributed by atoms with Crippen molar-refractivity contribution in [2.24, 2.45) is 7.05 Å². The molecule has 0 aliphatic heterocycles. The fourth-order valence-electron chi connectivity index (χ4n) is 4.30. The van der Waals surface area contributed by atoms with Gasteiger partial charge in [-0.1, -0.05) is 32.0 Å². The Kier molecular flexibility index (Phi) is 4.58. The van der Waals surface area contributed by atoms with Crippen LogP contribution in [-0.4, -0.2) is 4.98 Å². The van der Waals surface area contributed by atoms with Crippen LogP contribution < -0.4 is 4.57 Å². The van der Waals surface area contributed by atoms with Gasteiger partial charge < -0.3 is 4.42 Å².